The van der Waals surface area contributed by atoms with Crippen LogP contribution in [0.2, 0.25) is 0 Å². The van der Waals surface area contributed by atoms with Crippen LogP contribution in [0.5, 0.6) is 5.75 Å². The number of hydrogen-bond acceptors (Lipinski definition) is 6. The largest absolute Gasteiger partial charge is 0.481 e. The van der Waals surface area contributed by atoms with E-state index in [1.165, 1.54) is 12.8 Å². The summed E-state index contributed by atoms with van der Waals surface area (Å²) in [6, 6.07) is 11.6. The predicted molar refractivity (Wildman–Crippen MR) is 109 cm³/mol. The van der Waals surface area contributed by atoms with E-state index >= 15 is 0 Å². The fourth-order valence-corrected chi connectivity index (χ4v) is 3.80. The van der Waals surface area contributed by atoms with Gasteiger partial charge in [0.1, 0.15) is 23.7 Å². The van der Waals surface area contributed by atoms with Crippen molar-refractivity contribution in [1.82, 2.24) is 14.9 Å². The van der Waals surface area contributed by atoms with Crippen molar-refractivity contribution in [2.75, 3.05) is 49.1 Å². The molecule has 2 fully saturated rings. The standard InChI is InChI=1S/C21H27N5O2/c1-17(28-18-7-3-2-4-8-18)21(27)26-13-11-25(12-14-26)20-15-19(22-16-23-20)24-9-5-6-10-24/h2-4,7-8,15-17H,5-6,9-14H2,1H3/t17-/m0/s1. The number of anilines is 2. The molecule has 0 radical (unpaired) electrons. The Morgan fingerprint density at radius 3 is 2.18 bits per heavy atom. The minimum absolute atomic E-state index is 0.0314. The molecule has 2 aliphatic rings. The number of carbonyl (C=O) groups excluding carboxylic acids is 1. The van der Waals surface area contributed by atoms with Crippen LogP contribution >= 0.6 is 0 Å². The Kier molecular flexibility index (Phi) is 5.60. The summed E-state index contributed by atoms with van der Waals surface area (Å²) in [5, 5.41) is 0. The molecule has 7 nitrogen and oxygen atoms in total. The lowest BCUT2D eigenvalue weighted by Crippen LogP contribution is -2.52. The van der Waals surface area contributed by atoms with Gasteiger partial charge in [-0.3, -0.25) is 4.79 Å². The molecular formula is C21H27N5O2. The Morgan fingerprint density at radius 1 is 0.929 bits per heavy atom. The predicted octanol–water partition coefficient (Wildman–Crippen LogP) is 2.19. The summed E-state index contributed by atoms with van der Waals surface area (Å²) in [5.74, 6) is 2.70. The van der Waals surface area contributed by atoms with Gasteiger partial charge in [-0.2, -0.15) is 0 Å². The second-order valence-corrected chi connectivity index (χ2v) is 7.31. The first kappa shape index (κ1) is 18.5. The van der Waals surface area contributed by atoms with Gasteiger partial charge in [-0.05, 0) is 31.9 Å². The van der Waals surface area contributed by atoms with Crippen LogP contribution < -0.4 is 14.5 Å². The molecule has 28 heavy (non-hydrogen) atoms. The molecule has 0 spiro atoms. The molecule has 2 aliphatic heterocycles. The molecule has 1 amide bonds. The Labute approximate surface area is 165 Å². The Morgan fingerprint density at radius 2 is 1.54 bits per heavy atom. The maximum Gasteiger partial charge on any atom is 0.263 e. The monoisotopic (exact) mass is 381 g/mol. The number of carbonyl (C=O) groups is 1. The summed E-state index contributed by atoms with van der Waals surface area (Å²) in [6.07, 6.45) is 3.61. The van der Waals surface area contributed by atoms with Crippen LogP contribution in [0.1, 0.15) is 19.8 Å². The molecule has 1 aromatic heterocycles. The van der Waals surface area contributed by atoms with Gasteiger partial charge < -0.3 is 19.4 Å². The number of ether oxygens (including phenoxy) is 1. The molecule has 1 atom stereocenters. The van der Waals surface area contributed by atoms with E-state index in [4.69, 9.17) is 4.74 Å². The molecule has 148 valence electrons. The SMILES string of the molecule is C[C@H](Oc1ccccc1)C(=O)N1CCN(c2cc(N3CCCC3)ncn2)CC1. The molecular weight excluding hydrogens is 354 g/mol. The third-order valence-electron chi connectivity index (χ3n) is 5.39. The summed E-state index contributed by atoms with van der Waals surface area (Å²) in [6.45, 7) is 6.82. The van der Waals surface area contributed by atoms with Crippen molar-refractivity contribution >= 4 is 17.5 Å². The van der Waals surface area contributed by atoms with E-state index in [0.717, 1.165) is 43.6 Å². The van der Waals surface area contributed by atoms with Crippen LogP contribution in [0, 0.1) is 0 Å². The number of piperazine rings is 1. The van der Waals surface area contributed by atoms with E-state index in [1.807, 2.05) is 42.2 Å². The first-order valence-corrected chi connectivity index (χ1v) is 10.0. The number of hydrogen-bond donors (Lipinski definition) is 0. The van der Waals surface area contributed by atoms with Crippen LogP contribution in [0.15, 0.2) is 42.7 Å². The molecule has 2 aromatic rings. The summed E-state index contributed by atoms with van der Waals surface area (Å²) in [7, 11) is 0. The summed E-state index contributed by atoms with van der Waals surface area (Å²) >= 11 is 0. The van der Waals surface area contributed by atoms with E-state index in [0.29, 0.717) is 13.1 Å². The van der Waals surface area contributed by atoms with Gasteiger partial charge in [0.2, 0.25) is 0 Å². The molecule has 0 unspecified atom stereocenters. The van der Waals surface area contributed by atoms with Gasteiger partial charge in [0.25, 0.3) is 5.91 Å². The van der Waals surface area contributed by atoms with Gasteiger partial charge in [0.15, 0.2) is 6.10 Å². The quantitative estimate of drug-likeness (QED) is 0.791. The second kappa shape index (κ2) is 8.46. The van der Waals surface area contributed by atoms with E-state index in [-0.39, 0.29) is 5.91 Å². The van der Waals surface area contributed by atoms with Crippen LogP contribution in [0.4, 0.5) is 11.6 Å². The van der Waals surface area contributed by atoms with Crippen molar-refractivity contribution in [3.05, 3.63) is 42.7 Å². The minimum atomic E-state index is -0.491. The number of rotatable bonds is 5. The molecule has 0 N–H and O–H groups in total. The van der Waals surface area contributed by atoms with Crippen LogP contribution in [-0.2, 0) is 4.79 Å². The second-order valence-electron chi connectivity index (χ2n) is 7.31. The van der Waals surface area contributed by atoms with E-state index in [1.54, 1.807) is 6.33 Å². The normalized spacial score (nSPS) is 18.2. The van der Waals surface area contributed by atoms with Crippen molar-refractivity contribution in [3.8, 4) is 5.75 Å². The van der Waals surface area contributed by atoms with Gasteiger partial charge in [-0.25, -0.2) is 9.97 Å². The molecule has 2 saturated heterocycles. The average Bonchev–Trinajstić information content (AvgIpc) is 3.29. The highest BCUT2D eigenvalue weighted by Gasteiger charge is 2.27. The lowest BCUT2D eigenvalue weighted by molar-refractivity contribution is -0.138. The number of benzene rings is 1. The first-order chi connectivity index (χ1) is 13.7. The topological polar surface area (TPSA) is 61.8 Å². The Hall–Kier alpha value is -2.83. The number of para-hydroxylation sites is 1. The van der Waals surface area contributed by atoms with Gasteiger partial charge >= 0.3 is 0 Å². The fraction of sp³-hybridized carbons (Fsp3) is 0.476. The molecule has 1 aromatic carbocycles. The van der Waals surface area contributed by atoms with E-state index in [2.05, 4.69) is 25.8 Å². The number of amides is 1. The van der Waals surface area contributed by atoms with Crippen LogP contribution in [-0.4, -0.2) is 66.1 Å². The molecule has 3 heterocycles. The van der Waals surface area contributed by atoms with E-state index < -0.39 is 6.10 Å². The molecule has 0 aliphatic carbocycles. The highest BCUT2D eigenvalue weighted by Crippen LogP contribution is 2.22. The van der Waals surface area contributed by atoms with Gasteiger partial charge in [-0.15, -0.1) is 0 Å². The van der Waals surface area contributed by atoms with Crippen LogP contribution in [0.3, 0.4) is 0 Å². The van der Waals surface area contributed by atoms with Crippen molar-refractivity contribution < 1.29 is 9.53 Å². The first-order valence-electron chi connectivity index (χ1n) is 10.0. The number of aromatic nitrogens is 2. The molecule has 0 saturated carbocycles. The van der Waals surface area contributed by atoms with Gasteiger partial charge in [-0.1, -0.05) is 18.2 Å². The Balaban J connectivity index is 1.33. The molecule has 0 bridgehead atoms. The molecule has 4 rings (SSSR count). The van der Waals surface area contributed by atoms with Crippen LogP contribution in [0.25, 0.3) is 0 Å². The zero-order valence-corrected chi connectivity index (χ0v) is 16.3. The van der Waals surface area contributed by atoms with E-state index in [9.17, 15) is 4.79 Å². The highest BCUT2D eigenvalue weighted by molar-refractivity contribution is 5.81. The Bertz CT molecular complexity index is 786. The van der Waals surface area contributed by atoms with Gasteiger partial charge in [0.05, 0.1) is 0 Å². The number of nitrogens with zero attached hydrogens (tertiary/aromatic N) is 5. The third kappa shape index (κ3) is 4.18. The zero-order chi connectivity index (χ0) is 19.3. The summed E-state index contributed by atoms with van der Waals surface area (Å²) in [5.41, 5.74) is 0. The fourth-order valence-electron chi connectivity index (χ4n) is 3.80. The molecule has 7 heteroatoms. The van der Waals surface area contributed by atoms with Gasteiger partial charge in [0, 0.05) is 45.3 Å². The average molecular weight is 381 g/mol. The maximum atomic E-state index is 12.7. The lowest BCUT2D eigenvalue weighted by Gasteiger charge is -2.36. The lowest BCUT2D eigenvalue weighted by atomic mass is 10.2. The van der Waals surface area contributed by atoms with Crippen molar-refractivity contribution in [3.63, 3.8) is 0 Å². The maximum absolute atomic E-state index is 12.7. The highest BCUT2D eigenvalue weighted by atomic mass is 16.5. The smallest absolute Gasteiger partial charge is 0.263 e. The van der Waals surface area contributed by atoms with Crippen molar-refractivity contribution in [1.29, 1.82) is 0 Å². The zero-order valence-electron chi connectivity index (χ0n) is 16.3. The third-order valence-corrected chi connectivity index (χ3v) is 5.39. The minimum Gasteiger partial charge on any atom is -0.481 e. The van der Waals surface area contributed by atoms with Crippen molar-refractivity contribution in [2.24, 2.45) is 0 Å². The summed E-state index contributed by atoms with van der Waals surface area (Å²) in [4.78, 5) is 28.0. The van der Waals surface area contributed by atoms with Crippen molar-refractivity contribution in [2.45, 2.75) is 25.9 Å². The summed E-state index contributed by atoms with van der Waals surface area (Å²) < 4.78 is 5.78.